The fourth-order valence-electron chi connectivity index (χ4n) is 1.63. The third-order valence-corrected chi connectivity index (χ3v) is 3.50. The quantitative estimate of drug-likeness (QED) is 0.376. The van der Waals surface area contributed by atoms with Gasteiger partial charge >= 0.3 is 6.03 Å². The lowest BCUT2D eigenvalue weighted by molar-refractivity contribution is -0.121. The van der Waals surface area contributed by atoms with Crippen LogP contribution in [-0.4, -0.2) is 30.5 Å². The minimum absolute atomic E-state index is 0.204. The van der Waals surface area contributed by atoms with Gasteiger partial charge in [-0.2, -0.15) is 0 Å². The van der Waals surface area contributed by atoms with Crippen LogP contribution in [0.3, 0.4) is 0 Å². The van der Waals surface area contributed by atoms with E-state index in [-0.39, 0.29) is 18.2 Å². The zero-order valence-corrected chi connectivity index (χ0v) is 12.8. The highest BCUT2D eigenvalue weighted by atomic mass is 127. The number of terminal acetylenes is 1. The molecule has 1 aliphatic heterocycles. The van der Waals surface area contributed by atoms with Crippen LogP contribution in [0.4, 0.5) is 4.79 Å². The summed E-state index contributed by atoms with van der Waals surface area (Å²) in [5.41, 5.74) is 1.05. The largest absolute Gasteiger partial charge is 0.480 e. The lowest BCUT2D eigenvalue weighted by Crippen LogP contribution is -2.25. The van der Waals surface area contributed by atoms with E-state index < -0.39 is 6.03 Å². The van der Waals surface area contributed by atoms with Crippen LogP contribution in [0.5, 0.6) is 5.75 Å². The molecule has 1 aliphatic rings. The average Bonchev–Trinajstić information content (AvgIpc) is 2.65. The van der Waals surface area contributed by atoms with E-state index in [0.717, 1.165) is 14.0 Å². The van der Waals surface area contributed by atoms with E-state index in [9.17, 15) is 9.59 Å². The Hall–Kier alpha value is -2.01. The van der Waals surface area contributed by atoms with Gasteiger partial charge < -0.3 is 10.1 Å². The number of urea groups is 1. The van der Waals surface area contributed by atoms with Gasteiger partial charge in [-0.25, -0.2) is 4.79 Å². The van der Waals surface area contributed by atoms with E-state index in [2.05, 4.69) is 33.8 Å². The van der Waals surface area contributed by atoms with Crippen molar-refractivity contribution in [2.45, 2.75) is 0 Å². The number of amides is 3. The summed E-state index contributed by atoms with van der Waals surface area (Å²) in [7, 11) is 1.43. The molecule has 0 atom stereocenters. The van der Waals surface area contributed by atoms with Crippen LogP contribution >= 0.6 is 22.6 Å². The first-order valence-electron chi connectivity index (χ1n) is 5.69. The number of nitrogens with zero attached hydrogens (tertiary/aromatic N) is 1. The number of nitrogens with one attached hydrogen (secondary N) is 1. The summed E-state index contributed by atoms with van der Waals surface area (Å²) >= 11 is 2.12. The van der Waals surface area contributed by atoms with Gasteiger partial charge in [-0.15, -0.1) is 6.42 Å². The van der Waals surface area contributed by atoms with Gasteiger partial charge in [-0.05, 0) is 46.4 Å². The molecule has 0 aliphatic carbocycles. The maximum Gasteiger partial charge on any atom is 0.328 e. The highest BCUT2D eigenvalue weighted by Crippen LogP contribution is 2.23. The predicted octanol–water partition coefficient (Wildman–Crippen LogP) is 1.83. The number of hydrogen-bond acceptors (Lipinski definition) is 3. The molecule has 5 nitrogen and oxygen atoms in total. The molecule has 0 saturated carbocycles. The van der Waals surface area contributed by atoms with Crippen LogP contribution in [0.25, 0.3) is 6.08 Å². The van der Waals surface area contributed by atoms with E-state index in [1.165, 1.54) is 7.05 Å². The second-order valence-corrected chi connectivity index (χ2v) is 5.20. The number of likely N-dealkylation sites (N-methyl/N-ethyl adjacent to an activating group) is 1. The van der Waals surface area contributed by atoms with Crippen molar-refractivity contribution >= 4 is 40.6 Å². The minimum atomic E-state index is -0.426. The number of ether oxygens (including phenoxy) is 1. The third-order valence-electron chi connectivity index (χ3n) is 2.66. The normalized spacial score (nSPS) is 16.2. The topological polar surface area (TPSA) is 58.6 Å². The van der Waals surface area contributed by atoms with Gasteiger partial charge in [0.25, 0.3) is 5.91 Å². The summed E-state index contributed by atoms with van der Waals surface area (Å²) in [6.07, 6.45) is 6.76. The van der Waals surface area contributed by atoms with Crippen molar-refractivity contribution in [3.05, 3.63) is 33.0 Å². The first kappa shape index (κ1) is 14.4. The van der Waals surface area contributed by atoms with Crippen molar-refractivity contribution in [1.29, 1.82) is 0 Å². The molecule has 1 aromatic rings. The molecule has 0 aromatic heterocycles. The number of hydrogen-bond donors (Lipinski definition) is 1. The Morgan fingerprint density at radius 1 is 1.50 bits per heavy atom. The average molecular weight is 382 g/mol. The standard InChI is InChI=1S/C14H11IN2O3/c1-3-6-20-12-5-4-9(7-10(12)15)8-11-13(18)17(2)14(19)16-11/h1,4-5,7-8H,6H2,2H3,(H,16,19)/b11-8+. The summed E-state index contributed by atoms with van der Waals surface area (Å²) in [5, 5.41) is 2.51. The monoisotopic (exact) mass is 382 g/mol. The van der Waals surface area contributed by atoms with E-state index in [0.29, 0.717) is 5.75 Å². The number of carbonyl (C=O) groups excluding carboxylic acids is 2. The fraction of sp³-hybridized carbons (Fsp3) is 0.143. The fourth-order valence-corrected chi connectivity index (χ4v) is 2.33. The van der Waals surface area contributed by atoms with Gasteiger partial charge in [0.1, 0.15) is 18.1 Å². The van der Waals surface area contributed by atoms with E-state index >= 15 is 0 Å². The summed E-state index contributed by atoms with van der Waals surface area (Å²) < 4.78 is 6.23. The molecule has 20 heavy (non-hydrogen) atoms. The second-order valence-electron chi connectivity index (χ2n) is 4.03. The van der Waals surface area contributed by atoms with Gasteiger partial charge in [0, 0.05) is 7.05 Å². The summed E-state index contributed by atoms with van der Waals surface area (Å²) in [4.78, 5) is 24.1. The van der Waals surface area contributed by atoms with E-state index in [1.54, 1.807) is 18.2 Å². The SMILES string of the molecule is C#CCOc1ccc(/C=C2/NC(=O)N(C)C2=O)cc1I. The maximum absolute atomic E-state index is 11.7. The zero-order valence-electron chi connectivity index (χ0n) is 10.6. The Labute approximate surface area is 130 Å². The molecule has 102 valence electrons. The van der Waals surface area contributed by atoms with Crippen molar-refractivity contribution in [2.75, 3.05) is 13.7 Å². The van der Waals surface area contributed by atoms with Gasteiger partial charge in [-0.1, -0.05) is 12.0 Å². The highest BCUT2D eigenvalue weighted by Gasteiger charge is 2.29. The van der Waals surface area contributed by atoms with Crippen molar-refractivity contribution in [3.63, 3.8) is 0 Å². The number of imide groups is 1. The zero-order chi connectivity index (χ0) is 14.7. The lowest BCUT2D eigenvalue weighted by atomic mass is 10.2. The van der Waals surface area contributed by atoms with E-state index in [1.807, 2.05) is 6.07 Å². The molecular formula is C14H11IN2O3. The van der Waals surface area contributed by atoms with Crippen molar-refractivity contribution in [2.24, 2.45) is 0 Å². The van der Waals surface area contributed by atoms with E-state index in [4.69, 9.17) is 11.2 Å². The molecular weight excluding hydrogens is 371 g/mol. The molecule has 1 fully saturated rings. The van der Waals surface area contributed by atoms with Gasteiger partial charge in [0.2, 0.25) is 0 Å². The molecule has 6 heteroatoms. The molecule has 3 amide bonds. The number of carbonyl (C=O) groups is 2. The number of benzene rings is 1. The Kier molecular flexibility index (Phi) is 4.29. The molecule has 0 bridgehead atoms. The second kappa shape index (κ2) is 5.96. The lowest BCUT2D eigenvalue weighted by Gasteiger charge is -2.06. The van der Waals surface area contributed by atoms with Crippen LogP contribution in [0.1, 0.15) is 5.56 Å². The molecule has 1 saturated heterocycles. The predicted molar refractivity (Wildman–Crippen MR) is 82.8 cm³/mol. The Morgan fingerprint density at radius 3 is 2.80 bits per heavy atom. The van der Waals surface area contributed by atoms with Crippen LogP contribution in [0.2, 0.25) is 0 Å². The van der Waals surface area contributed by atoms with Gasteiger partial charge in [-0.3, -0.25) is 9.69 Å². The Balaban J connectivity index is 2.23. The first-order chi connectivity index (χ1) is 9.52. The Morgan fingerprint density at radius 2 is 2.25 bits per heavy atom. The molecule has 0 spiro atoms. The van der Waals surface area contributed by atoms with Crippen molar-refractivity contribution < 1.29 is 14.3 Å². The van der Waals surface area contributed by atoms with Crippen molar-refractivity contribution in [1.82, 2.24) is 10.2 Å². The molecule has 1 N–H and O–H groups in total. The molecule has 1 heterocycles. The number of halogens is 1. The summed E-state index contributed by atoms with van der Waals surface area (Å²) in [6.45, 7) is 0.204. The maximum atomic E-state index is 11.7. The third kappa shape index (κ3) is 2.93. The summed E-state index contributed by atoms with van der Waals surface area (Å²) in [5.74, 6) is 2.73. The van der Waals surface area contributed by atoms with Crippen LogP contribution < -0.4 is 10.1 Å². The molecule has 0 radical (unpaired) electrons. The molecule has 1 aromatic carbocycles. The molecule has 2 rings (SSSR count). The summed E-state index contributed by atoms with van der Waals surface area (Å²) in [6, 6.07) is 4.98. The van der Waals surface area contributed by atoms with Crippen molar-refractivity contribution in [3.8, 4) is 18.1 Å². The number of rotatable bonds is 3. The minimum Gasteiger partial charge on any atom is -0.480 e. The smallest absolute Gasteiger partial charge is 0.328 e. The Bertz CT molecular complexity index is 646. The van der Waals surface area contributed by atoms with Crippen LogP contribution in [-0.2, 0) is 4.79 Å². The van der Waals surface area contributed by atoms with Crippen LogP contribution in [0.15, 0.2) is 23.9 Å². The first-order valence-corrected chi connectivity index (χ1v) is 6.77. The van der Waals surface area contributed by atoms with Crippen LogP contribution in [0, 0.1) is 15.9 Å². The van der Waals surface area contributed by atoms with Gasteiger partial charge in [0.15, 0.2) is 0 Å². The molecule has 0 unspecified atom stereocenters. The van der Waals surface area contributed by atoms with Gasteiger partial charge in [0.05, 0.1) is 3.57 Å². The highest BCUT2D eigenvalue weighted by molar-refractivity contribution is 14.1.